The zero-order chi connectivity index (χ0) is 13.0. The first kappa shape index (κ1) is 13.9. The van der Waals surface area contributed by atoms with Gasteiger partial charge >= 0.3 is 0 Å². The van der Waals surface area contributed by atoms with Crippen molar-refractivity contribution in [1.82, 2.24) is 0 Å². The summed E-state index contributed by atoms with van der Waals surface area (Å²) in [6.45, 7) is 10.7. The van der Waals surface area contributed by atoms with E-state index in [1.807, 2.05) is 6.92 Å². The van der Waals surface area contributed by atoms with E-state index >= 15 is 0 Å². The van der Waals surface area contributed by atoms with Gasteiger partial charge in [-0.05, 0) is 48.9 Å². The molecule has 0 atom stereocenters. The van der Waals surface area contributed by atoms with Gasteiger partial charge in [-0.25, -0.2) is 0 Å². The van der Waals surface area contributed by atoms with Crippen LogP contribution in [0.1, 0.15) is 57.6 Å². The third kappa shape index (κ3) is 3.39. The fraction of sp³-hybridized carbons (Fsp3) is 0.600. The van der Waals surface area contributed by atoms with Crippen molar-refractivity contribution >= 4 is 5.69 Å². The highest BCUT2D eigenvalue weighted by Gasteiger charge is 2.13. The molecule has 0 aliphatic carbocycles. The summed E-state index contributed by atoms with van der Waals surface area (Å²) in [5.41, 5.74) is 9.12. The molecule has 2 N–H and O–H groups in total. The molecule has 0 saturated heterocycles. The number of benzene rings is 1. The maximum Gasteiger partial charge on any atom is 0.123 e. The van der Waals surface area contributed by atoms with Gasteiger partial charge in [-0.2, -0.15) is 0 Å². The van der Waals surface area contributed by atoms with E-state index in [1.165, 1.54) is 5.56 Å². The number of anilines is 1. The molecule has 0 aliphatic rings. The lowest BCUT2D eigenvalue weighted by Crippen LogP contribution is -2.15. The van der Waals surface area contributed by atoms with E-state index in [0.717, 1.165) is 29.8 Å². The number of nitrogens with two attached hydrogens (primary N) is 1. The van der Waals surface area contributed by atoms with Gasteiger partial charge in [0.1, 0.15) is 5.75 Å². The molecule has 0 bridgehead atoms. The van der Waals surface area contributed by atoms with Gasteiger partial charge in [-0.3, -0.25) is 0 Å². The molecule has 0 fully saturated rings. The molecule has 0 radical (unpaired) electrons. The van der Waals surface area contributed by atoms with Crippen molar-refractivity contribution in [2.45, 2.75) is 59.5 Å². The third-order valence-corrected chi connectivity index (χ3v) is 3.22. The van der Waals surface area contributed by atoms with Crippen LogP contribution in [0.15, 0.2) is 12.1 Å². The second-order valence-electron chi connectivity index (χ2n) is 4.96. The van der Waals surface area contributed by atoms with Crippen LogP contribution in [0.2, 0.25) is 0 Å². The molecular formula is C15H25NO. The minimum absolute atomic E-state index is 0.301. The molecule has 2 nitrogen and oxygen atoms in total. The maximum absolute atomic E-state index is 6.09. The number of rotatable bonds is 5. The van der Waals surface area contributed by atoms with Gasteiger partial charge in [-0.15, -0.1) is 0 Å². The molecule has 1 rings (SSSR count). The zero-order valence-corrected chi connectivity index (χ0v) is 11.7. The largest absolute Gasteiger partial charge is 0.490 e. The van der Waals surface area contributed by atoms with Crippen molar-refractivity contribution in [3.05, 3.63) is 23.3 Å². The number of hydrogen-bond donors (Lipinski definition) is 1. The Morgan fingerprint density at radius 1 is 1.18 bits per heavy atom. The van der Waals surface area contributed by atoms with Crippen molar-refractivity contribution in [3.8, 4) is 5.75 Å². The lowest BCUT2D eigenvalue weighted by Gasteiger charge is -2.21. The molecule has 0 amide bonds. The predicted octanol–water partition coefficient (Wildman–Crippen LogP) is 4.27. The normalized spacial score (nSPS) is 11.2. The van der Waals surface area contributed by atoms with Gasteiger partial charge in [0.15, 0.2) is 0 Å². The fourth-order valence-corrected chi connectivity index (χ4v) is 1.90. The third-order valence-electron chi connectivity index (χ3n) is 3.22. The number of aryl methyl sites for hydroxylation is 1. The molecule has 0 aromatic heterocycles. The van der Waals surface area contributed by atoms with Crippen LogP contribution in [0.4, 0.5) is 5.69 Å². The predicted molar refractivity (Wildman–Crippen MR) is 74.7 cm³/mol. The first-order valence-electron chi connectivity index (χ1n) is 6.56. The highest BCUT2D eigenvalue weighted by atomic mass is 16.5. The molecule has 17 heavy (non-hydrogen) atoms. The molecular weight excluding hydrogens is 210 g/mol. The number of hydrogen-bond acceptors (Lipinski definition) is 2. The lowest BCUT2D eigenvalue weighted by molar-refractivity contribution is 0.190. The highest BCUT2D eigenvalue weighted by molar-refractivity contribution is 5.55. The summed E-state index contributed by atoms with van der Waals surface area (Å²) in [6, 6.07) is 4.13. The molecule has 0 unspecified atom stereocenters. The standard InChI is InChI=1S/C15H25NO/c1-6-12(7-2)17-15-8-11(5)14(16)9-13(15)10(3)4/h8-10,12H,6-7,16H2,1-5H3. The SMILES string of the molecule is CCC(CC)Oc1cc(C)c(N)cc1C(C)C. The topological polar surface area (TPSA) is 35.2 Å². The van der Waals surface area contributed by atoms with E-state index in [9.17, 15) is 0 Å². The Hall–Kier alpha value is -1.18. The monoisotopic (exact) mass is 235 g/mol. The van der Waals surface area contributed by atoms with E-state index in [2.05, 4.69) is 39.8 Å². The Kier molecular flexibility index (Phi) is 4.86. The van der Waals surface area contributed by atoms with Crippen molar-refractivity contribution in [3.63, 3.8) is 0 Å². The van der Waals surface area contributed by atoms with Crippen LogP contribution in [0, 0.1) is 6.92 Å². The van der Waals surface area contributed by atoms with Crippen molar-refractivity contribution in [1.29, 1.82) is 0 Å². The minimum Gasteiger partial charge on any atom is -0.490 e. The molecule has 1 aromatic rings. The van der Waals surface area contributed by atoms with Gasteiger partial charge < -0.3 is 10.5 Å². The Morgan fingerprint density at radius 2 is 1.76 bits per heavy atom. The van der Waals surface area contributed by atoms with E-state index < -0.39 is 0 Å². The summed E-state index contributed by atoms with van der Waals surface area (Å²) in [5.74, 6) is 1.43. The van der Waals surface area contributed by atoms with E-state index in [4.69, 9.17) is 10.5 Å². The Balaban J connectivity index is 3.07. The lowest BCUT2D eigenvalue weighted by atomic mass is 9.99. The van der Waals surface area contributed by atoms with Crippen LogP contribution >= 0.6 is 0 Å². The van der Waals surface area contributed by atoms with Crippen molar-refractivity contribution in [2.24, 2.45) is 0 Å². The highest BCUT2D eigenvalue weighted by Crippen LogP contribution is 2.32. The van der Waals surface area contributed by atoms with Gasteiger partial charge in [0.2, 0.25) is 0 Å². The van der Waals surface area contributed by atoms with Crippen LogP contribution in [0.3, 0.4) is 0 Å². The van der Waals surface area contributed by atoms with Crippen LogP contribution in [-0.2, 0) is 0 Å². The van der Waals surface area contributed by atoms with Gasteiger partial charge in [0.25, 0.3) is 0 Å². The number of nitrogen functional groups attached to an aromatic ring is 1. The average molecular weight is 235 g/mol. The van der Waals surface area contributed by atoms with Crippen molar-refractivity contribution in [2.75, 3.05) is 5.73 Å². The minimum atomic E-state index is 0.301. The van der Waals surface area contributed by atoms with Crippen LogP contribution in [-0.4, -0.2) is 6.10 Å². The Morgan fingerprint density at radius 3 is 2.24 bits per heavy atom. The summed E-state index contributed by atoms with van der Waals surface area (Å²) in [4.78, 5) is 0. The maximum atomic E-state index is 6.09. The summed E-state index contributed by atoms with van der Waals surface area (Å²) in [7, 11) is 0. The van der Waals surface area contributed by atoms with Crippen molar-refractivity contribution < 1.29 is 4.74 Å². The molecule has 2 heteroatoms. The van der Waals surface area contributed by atoms with Gasteiger partial charge in [0.05, 0.1) is 6.10 Å². The second kappa shape index (κ2) is 5.95. The van der Waals surface area contributed by atoms with E-state index in [0.29, 0.717) is 12.0 Å². The molecule has 96 valence electrons. The second-order valence-corrected chi connectivity index (χ2v) is 4.96. The van der Waals surface area contributed by atoms with E-state index in [1.54, 1.807) is 0 Å². The average Bonchev–Trinajstić information content (AvgIpc) is 2.29. The Labute approximate surface area is 105 Å². The first-order chi connectivity index (χ1) is 7.99. The Bertz CT molecular complexity index is 367. The summed E-state index contributed by atoms with van der Waals surface area (Å²) < 4.78 is 6.09. The first-order valence-corrected chi connectivity index (χ1v) is 6.56. The quantitative estimate of drug-likeness (QED) is 0.774. The summed E-state index contributed by atoms with van der Waals surface area (Å²) in [6.07, 6.45) is 2.38. The van der Waals surface area contributed by atoms with Crippen LogP contribution in [0.25, 0.3) is 0 Å². The molecule has 0 saturated carbocycles. The fourth-order valence-electron chi connectivity index (χ4n) is 1.90. The zero-order valence-electron chi connectivity index (χ0n) is 11.7. The summed E-state index contributed by atoms with van der Waals surface area (Å²) >= 11 is 0. The van der Waals surface area contributed by atoms with Crippen LogP contribution in [0.5, 0.6) is 5.75 Å². The van der Waals surface area contributed by atoms with Gasteiger partial charge in [0, 0.05) is 5.69 Å². The number of ether oxygens (including phenoxy) is 1. The van der Waals surface area contributed by atoms with Gasteiger partial charge in [-0.1, -0.05) is 27.7 Å². The molecule has 0 spiro atoms. The molecule has 0 heterocycles. The molecule has 0 aliphatic heterocycles. The summed E-state index contributed by atoms with van der Waals surface area (Å²) in [5, 5.41) is 0. The molecule has 1 aromatic carbocycles. The van der Waals surface area contributed by atoms with E-state index in [-0.39, 0.29) is 0 Å². The smallest absolute Gasteiger partial charge is 0.123 e. The van der Waals surface area contributed by atoms with Crippen LogP contribution < -0.4 is 10.5 Å².